The van der Waals surface area contributed by atoms with Crippen LogP contribution in [0.2, 0.25) is 0 Å². The van der Waals surface area contributed by atoms with E-state index in [0.717, 1.165) is 46.3 Å². The number of likely N-dealkylation sites (tertiary alicyclic amines) is 1. The van der Waals surface area contributed by atoms with Gasteiger partial charge in [-0.05, 0) is 43.1 Å². The summed E-state index contributed by atoms with van der Waals surface area (Å²) in [6.07, 6.45) is 4.93. The first kappa shape index (κ1) is 27.3. The van der Waals surface area contributed by atoms with Crippen molar-refractivity contribution >= 4 is 29.1 Å². The molecule has 0 atom stereocenters. The third-order valence-electron chi connectivity index (χ3n) is 7.51. The third kappa shape index (κ3) is 5.98. The second kappa shape index (κ2) is 12.3. The summed E-state index contributed by atoms with van der Waals surface area (Å²) in [5.41, 5.74) is 19.1. The van der Waals surface area contributed by atoms with Gasteiger partial charge < -0.3 is 21.5 Å². The van der Waals surface area contributed by atoms with Gasteiger partial charge in [-0.15, -0.1) is 0 Å². The molecule has 0 spiro atoms. The van der Waals surface area contributed by atoms with E-state index in [9.17, 15) is 4.79 Å². The fourth-order valence-electron chi connectivity index (χ4n) is 5.30. The van der Waals surface area contributed by atoms with Crippen molar-refractivity contribution in [2.24, 2.45) is 4.99 Å². The normalized spacial score (nSPS) is 14.5. The van der Waals surface area contributed by atoms with Gasteiger partial charge in [0.25, 0.3) is 0 Å². The number of aliphatic imine (C=N–C) groups is 1. The molecule has 0 bridgehead atoms. The van der Waals surface area contributed by atoms with Gasteiger partial charge in [-0.3, -0.25) is 14.7 Å². The van der Waals surface area contributed by atoms with Crippen LogP contribution in [0.3, 0.4) is 0 Å². The quantitative estimate of drug-likeness (QED) is 0.219. The SMILES string of the molecule is CN(CCO)CC(=O)N1CCC(c2cc(-c3ccc(C=NCc4ccccc4)c(N)c3)c3c(N)ncnn23)CC1. The Morgan fingerprint density at radius 3 is 2.65 bits per heavy atom. The average molecular weight is 541 g/mol. The summed E-state index contributed by atoms with van der Waals surface area (Å²) in [5, 5.41) is 13.7. The monoisotopic (exact) mass is 540 g/mol. The molecule has 10 heteroatoms. The number of benzene rings is 2. The predicted molar refractivity (Wildman–Crippen MR) is 158 cm³/mol. The number of amides is 1. The highest BCUT2D eigenvalue weighted by Gasteiger charge is 2.28. The zero-order valence-electron chi connectivity index (χ0n) is 22.8. The lowest BCUT2D eigenvalue weighted by Gasteiger charge is -2.33. The number of nitrogens with two attached hydrogens (primary N) is 2. The Balaban J connectivity index is 1.35. The second-order valence-electron chi connectivity index (χ2n) is 10.3. The van der Waals surface area contributed by atoms with Crippen LogP contribution in [-0.4, -0.2) is 81.5 Å². The van der Waals surface area contributed by atoms with Crippen molar-refractivity contribution in [2.75, 3.05) is 51.3 Å². The minimum atomic E-state index is 0.0384. The van der Waals surface area contributed by atoms with Crippen LogP contribution in [-0.2, 0) is 11.3 Å². The lowest BCUT2D eigenvalue weighted by Crippen LogP contribution is -2.43. The molecule has 4 aromatic rings. The van der Waals surface area contributed by atoms with Crippen molar-refractivity contribution in [3.8, 4) is 11.1 Å². The minimum Gasteiger partial charge on any atom is -0.398 e. The number of piperidine rings is 1. The number of hydrogen-bond donors (Lipinski definition) is 3. The molecular formula is C30H36N8O2. The van der Waals surface area contributed by atoms with Gasteiger partial charge in [0, 0.05) is 54.3 Å². The number of nitrogens with zero attached hydrogens (tertiary/aromatic N) is 6. The fraction of sp³-hybridized carbons (Fsp3) is 0.333. The number of aromatic nitrogens is 3. The molecule has 208 valence electrons. The van der Waals surface area contributed by atoms with E-state index < -0.39 is 0 Å². The van der Waals surface area contributed by atoms with Crippen LogP contribution >= 0.6 is 0 Å². The zero-order valence-corrected chi connectivity index (χ0v) is 22.8. The average Bonchev–Trinajstić information content (AvgIpc) is 3.36. The maximum absolute atomic E-state index is 12.7. The molecule has 1 fully saturated rings. The Kier molecular flexibility index (Phi) is 8.37. The molecule has 1 amide bonds. The number of nitrogen functional groups attached to an aromatic ring is 2. The highest BCUT2D eigenvalue weighted by atomic mass is 16.3. The standard InChI is InChI=1S/C30H36N8O2/c1-36(13-14-39)19-28(40)37-11-9-22(10-12-37)27-16-25(29-30(32)34-20-35-38(27)29)23-7-8-24(26(31)15-23)18-33-17-21-5-3-2-4-6-21/h2-8,15-16,18,20,22,39H,9-14,17,19,31H2,1H3,(H2,32,34,35). The van der Waals surface area contributed by atoms with E-state index in [1.807, 2.05) is 76.1 Å². The van der Waals surface area contributed by atoms with Gasteiger partial charge in [0.15, 0.2) is 5.82 Å². The predicted octanol–water partition coefficient (Wildman–Crippen LogP) is 2.81. The van der Waals surface area contributed by atoms with Crippen molar-refractivity contribution < 1.29 is 9.90 Å². The molecule has 2 aromatic heterocycles. The minimum absolute atomic E-state index is 0.0384. The van der Waals surface area contributed by atoms with E-state index in [4.69, 9.17) is 16.6 Å². The lowest BCUT2D eigenvalue weighted by molar-refractivity contribution is -0.133. The first-order chi connectivity index (χ1) is 19.4. The molecule has 1 saturated heterocycles. The van der Waals surface area contributed by atoms with Gasteiger partial charge in [0.1, 0.15) is 11.8 Å². The Labute approximate surface area is 233 Å². The largest absolute Gasteiger partial charge is 0.398 e. The van der Waals surface area contributed by atoms with Crippen molar-refractivity contribution in [3.05, 3.63) is 77.7 Å². The summed E-state index contributed by atoms with van der Waals surface area (Å²) in [6, 6.07) is 18.2. The molecule has 10 nitrogen and oxygen atoms in total. The van der Waals surface area contributed by atoms with Gasteiger partial charge in [0.05, 0.1) is 19.7 Å². The van der Waals surface area contributed by atoms with Gasteiger partial charge in [0.2, 0.25) is 5.91 Å². The summed E-state index contributed by atoms with van der Waals surface area (Å²) in [7, 11) is 1.84. The van der Waals surface area contributed by atoms with Crippen LogP contribution in [0.1, 0.15) is 35.6 Å². The van der Waals surface area contributed by atoms with E-state index in [-0.39, 0.29) is 18.4 Å². The summed E-state index contributed by atoms with van der Waals surface area (Å²) in [4.78, 5) is 25.3. The van der Waals surface area contributed by atoms with Crippen LogP contribution in [0.15, 0.2) is 65.9 Å². The number of aliphatic hydroxyl groups is 1. The maximum atomic E-state index is 12.7. The number of aliphatic hydroxyl groups excluding tert-OH is 1. The Bertz CT molecular complexity index is 1490. The molecular weight excluding hydrogens is 504 g/mol. The Morgan fingerprint density at radius 2 is 1.93 bits per heavy atom. The highest BCUT2D eigenvalue weighted by molar-refractivity contribution is 5.93. The maximum Gasteiger partial charge on any atom is 0.236 e. The number of fused-ring (bicyclic) bond motifs is 1. The zero-order chi connectivity index (χ0) is 28.1. The molecule has 0 saturated carbocycles. The number of likely N-dealkylation sites (N-methyl/N-ethyl adjacent to an activating group) is 1. The van der Waals surface area contributed by atoms with Crippen LogP contribution in [0, 0.1) is 0 Å². The number of carbonyl (C=O) groups is 1. The van der Waals surface area contributed by atoms with Gasteiger partial charge in [-0.1, -0.05) is 42.5 Å². The van der Waals surface area contributed by atoms with Crippen LogP contribution in [0.25, 0.3) is 16.6 Å². The topological polar surface area (TPSA) is 138 Å². The molecule has 5 N–H and O–H groups in total. The van der Waals surface area contributed by atoms with E-state index in [1.54, 1.807) is 0 Å². The van der Waals surface area contributed by atoms with Gasteiger partial charge in [-0.2, -0.15) is 5.10 Å². The molecule has 0 radical (unpaired) electrons. The van der Waals surface area contributed by atoms with E-state index in [0.29, 0.717) is 44.2 Å². The van der Waals surface area contributed by atoms with Crippen molar-refractivity contribution in [1.29, 1.82) is 0 Å². The van der Waals surface area contributed by atoms with E-state index in [2.05, 4.69) is 21.1 Å². The molecule has 40 heavy (non-hydrogen) atoms. The first-order valence-corrected chi connectivity index (χ1v) is 13.6. The third-order valence-corrected chi connectivity index (χ3v) is 7.51. The van der Waals surface area contributed by atoms with Crippen LogP contribution < -0.4 is 11.5 Å². The number of anilines is 2. The summed E-state index contributed by atoms with van der Waals surface area (Å²) < 4.78 is 1.89. The number of carbonyl (C=O) groups excluding carboxylic acids is 1. The molecule has 3 heterocycles. The molecule has 0 aliphatic carbocycles. The first-order valence-electron chi connectivity index (χ1n) is 13.6. The van der Waals surface area contributed by atoms with Gasteiger partial charge in [-0.25, -0.2) is 9.50 Å². The number of rotatable bonds is 9. The number of hydrogen-bond acceptors (Lipinski definition) is 8. The van der Waals surface area contributed by atoms with Crippen molar-refractivity contribution in [2.45, 2.75) is 25.3 Å². The fourth-order valence-corrected chi connectivity index (χ4v) is 5.30. The summed E-state index contributed by atoms with van der Waals surface area (Å²) in [6.45, 7) is 2.76. The molecule has 5 rings (SSSR count). The van der Waals surface area contributed by atoms with E-state index in [1.165, 1.54) is 6.33 Å². The van der Waals surface area contributed by atoms with E-state index >= 15 is 0 Å². The van der Waals surface area contributed by atoms with Crippen LogP contribution in [0.5, 0.6) is 0 Å². The molecule has 1 aliphatic heterocycles. The van der Waals surface area contributed by atoms with Crippen LogP contribution in [0.4, 0.5) is 11.5 Å². The summed E-state index contributed by atoms with van der Waals surface area (Å²) in [5.74, 6) is 0.712. The Morgan fingerprint density at radius 1 is 1.15 bits per heavy atom. The summed E-state index contributed by atoms with van der Waals surface area (Å²) >= 11 is 0. The smallest absolute Gasteiger partial charge is 0.236 e. The Hall–Kier alpha value is -4.28. The molecule has 2 aromatic carbocycles. The van der Waals surface area contributed by atoms with Crippen molar-refractivity contribution in [3.63, 3.8) is 0 Å². The highest BCUT2D eigenvalue weighted by Crippen LogP contribution is 2.37. The van der Waals surface area contributed by atoms with Crippen molar-refractivity contribution in [1.82, 2.24) is 24.4 Å². The van der Waals surface area contributed by atoms with Gasteiger partial charge >= 0.3 is 0 Å². The molecule has 0 unspecified atom stereocenters. The lowest BCUT2D eigenvalue weighted by atomic mass is 9.92. The second-order valence-corrected chi connectivity index (χ2v) is 10.3. The molecule has 1 aliphatic rings.